The second-order valence-corrected chi connectivity index (χ2v) is 4.51. The second-order valence-electron chi connectivity index (χ2n) is 4.11. The molecule has 0 saturated heterocycles. The summed E-state index contributed by atoms with van der Waals surface area (Å²) in [5.74, 6) is 1.89. The van der Waals surface area contributed by atoms with Crippen molar-refractivity contribution in [1.29, 1.82) is 0 Å². The molecule has 0 amide bonds. The molecule has 1 heterocycles. The third-order valence-corrected chi connectivity index (χ3v) is 3.34. The van der Waals surface area contributed by atoms with Crippen molar-refractivity contribution in [3.8, 4) is 11.5 Å². The minimum absolute atomic E-state index is 0.0895. The topological polar surface area (TPSA) is 62.3 Å². The molecule has 0 fully saturated rings. The van der Waals surface area contributed by atoms with E-state index in [4.69, 9.17) is 26.8 Å². The Morgan fingerprint density at radius 2 is 2.05 bits per heavy atom. The molecule has 19 heavy (non-hydrogen) atoms. The molecule has 1 atom stereocenters. The van der Waals surface area contributed by atoms with Gasteiger partial charge in [0.2, 0.25) is 0 Å². The van der Waals surface area contributed by atoms with Gasteiger partial charge in [-0.15, -0.1) is 0 Å². The summed E-state index contributed by atoms with van der Waals surface area (Å²) in [7, 11) is 3.23. The molecule has 0 radical (unpaired) electrons. The predicted octanol–water partition coefficient (Wildman–Crippen LogP) is 2.75. The number of hydrogen-bond acceptors (Lipinski definition) is 4. The van der Waals surface area contributed by atoms with Crippen molar-refractivity contribution in [1.82, 2.24) is 9.78 Å². The summed E-state index contributed by atoms with van der Waals surface area (Å²) >= 11 is 5.92. The number of halogens is 1. The molecule has 0 aliphatic rings. The fourth-order valence-corrected chi connectivity index (χ4v) is 2.08. The van der Waals surface area contributed by atoms with E-state index in [9.17, 15) is 0 Å². The number of nitrogens with zero attached hydrogens (tertiary/aromatic N) is 2. The number of ether oxygens (including phenoxy) is 2. The third kappa shape index (κ3) is 2.46. The van der Waals surface area contributed by atoms with Crippen LogP contribution in [-0.4, -0.2) is 24.0 Å². The Morgan fingerprint density at radius 1 is 1.32 bits per heavy atom. The smallest absolute Gasteiger partial charge is 0.141 e. The van der Waals surface area contributed by atoms with Gasteiger partial charge >= 0.3 is 0 Å². The molecular formula is C13H16ClN3O2. The van der Waals surface area contributed by atoms with Gasteiger partial charge in [0, 0.05) is 11.6 Å². The van der Waals surface area contributed by atoms with Crippen LogP contribution in [0.3, 0.4) is 0 Å². The Bertz CT molecular complexity index is 583. The fraction of sp³-hybridized carbons (Fsp3) is 0.308. The highest BCUT2D eigenvalue weighted by atomic mass is 35.5. The Balaban J connectivity index is 2.43. The van der Waals surface area contributed by atoms with Gasteiger partial charge in [0.15, 0.2) is 0 Å². The highest BCUT2D eigenvalue weighted by Crippen LogP contribution is 2.33. The van der Waals surface area contributed by atoms with Crippen LogP contribution in [0.2, 0.25) is 5.02 Å². The van der Waals surface area contributed by atoms with Crippen molar-refractivity contribution in [2.75, 3.05) is 20.0 Å². The van der Waals surface area contributed by atoms with Crippen LogP contribution >= 0.6 is 11.6 Å². The molecular weight excluding hydrogens is 266 g/mol. The predicted molar refractivity (Wildman–Crippen MR) is 75.0 cm³/mol. The van der Waals surface area contributed by atoms with E-state index in [2.05, 4.69) is 5.10 Å². The number of hydrogen-bond donors (Lipinski definition) is 1. The van der Waals surface area contributed by atoms with Crippen LogP contribution < -0.4 is 15.2 Å². The van der Waals surface area contributed by atoms with Crippen molar-refractivity contribution in [2.24, 2.45) is 0 Å². The summed E-state index contributed by atoms with van der Waals surface area (Å²) in [6, 6.07) is 5.54. The van der Waals surface area contributed by atoms with E-state index in [0.717, 1.165) is 17.1 Å². The van der Waals surface area contributed by atoms with Gasteiger partial charge in [-0.2, -0.15) is 5.10 Å². The number of methoxy groups -OCH3 is 2. The SMILES string of the molecule is COc1ccc(C(C)n2ncc(Cl)c2N)c(OC)c1. The maximum atomic E-state index is 5.92. The number of rotatable bonds is 4. The van der Waals surface area contributed by atoms with E-state index < -0.39 is 0 Å². The molecule has 1 aromatic heterocycles. The van der Waals surface area contributed by atoms with Crippen molar-refractivity contribution in [3.63, 3.8) is 0 Å². The first-order chi connectivity index (χ1) is 9.08. The standard InChI is InChI=1S/C13H16ClN3O2/c1-8(17-13(15)11(14)7-16-17)10-5-4-9(18-2)6-12(10)19-3/h4-8H,15H2,1-3H3. The first kappa shape index (κ1) is 13.5. The average Bonchev–Trinajstić information content (AvgIpc) is 2.77. The molecule has 102 valence electrons. The normalized spacial score (nSPS) is 12.2. The molecule has 2 rings (SSSR count). The van der Waals surface area contributed by atoms with Crippen LogP contribution in [0, 0.1) is 0 Å². The van der Waals surface area contributed by atoms with Gasteiger partial charge in [-0.3, -0.25) is 0 Å². The van der Waals surface area contributed by atoms with Gasteiger partial charge in [0.05, 0.1) is 26.5 Å². The number of anilines is 1. The van der Waals surface area contributed by atoms with Crippen LogP contribution in [0.1, 0.15) is 18.5 Å². The van der Waals surface area contributed by atoms with Crippen molar-refractivity contribution < 1.29 is 9.47 Å². The monoisotopic (exact) mass is 281 g/mol. The zero-order valence-corrected chi connectivity index (χ0v) is 11.8. The van der Waals surface area contributed by atoms with Crippen molar-refractivity contribution >= 4 is 17.4 Å². The zero-order valence-electron chi connectivity index (χ0n) is 11.1. The first-order valence-corrected chi connectivity index (χ1v) is 6.16. The van der Waals surface area contributed by atoms with Crippen LogP contribution in [0.15, 0.2) is 24.4 Å². The van der Waals surface area contributed by atoms with E-state index in [1.165, 1.54) is 6.20 Å². The first-order valence-electron chi connectivity index (χ1n) is 5.79. The molecule has 0 aliphatic heterocycles. The molecule has 0 saturated carbocycles. The number of aromatic nitrogens is 2. The van der Waals surface area contributed by atoms with Gasteiger partial charge in [0.1, 0.15) is 22.3 Å². The quantitative estimate of drug-likeness (QED) is 0.936. The number of nitrogens with two attached hydrogens (primary N) is 1. The van der Waals surface area contributed by atoms with Gasteiger partial charge < -0.3 is 15.2 Å². The lowest BCUT2D eigenvalue weighted by molar-refractivity contribution is 0.385. The van der Waals surface area contributed by atoms with Gasteiger partial charge in [-0.25, -0.2) is 4.68 Å². The van der Waals surface area contributed by atoms with Gasteiger partial charge in [0.25, 0.3) is 0 Å². The van der Waals surface area contributed by atoms with E-state index in [1.54, 1.807) is 18.9 Å². The Morgan fingerprint density at radius 3 is 2.58 bits per heavy atom. The van der Waals surface area contributed by atoms with E-state index in [1.807, 2.05) is 25.1 Å². The molecule has 6 heteroatoms. The summed E-state index contributed by atoms with van der Waals surface area (Å²) in [6.45, 7) is 1.98. The van der Waals surface area contributed by atoms with Gasteiger partial charge in [-0.1, -0.05) is 11.6 Å². The van der Waals surface area contributed by atoms with Crippen molar-refractivity contribution in [2.45, 2.75) is 13.0 Å². The highest BCUT2D eigenvalue weighted by molar-refractivity contribution is 6.32. The third-order valence-electron chi connectivity index (χ3n) is 3.04. The molecule has 0 spiro atoms. The number of nitrogen functional groups attached to an aromatic ring is 1. The molecule has 1 unspecified atom stereocenters. The summed E-state index contributed by atoms with van der Waals surface area (Å²) in [5.41, 5.74) is 6.84. The van der Waals surface area contributed by atoms with Gasteiger partial charge in [-0.05, 0) is 19.1 Å². The lowest BCUT2D eigenvalue weighted by Crippen LogP contribution is -2.12. The maximum absolute atomic E-state index is 5.92. The summed E-state index contributed by atoms with van der Waals surface area (Å²) in [6.07, 6.45) is 1.53. The van der Waals surface area contributed by atoms with E-state index in [-0.39, 0.29) is 6.04 Å². The van der Waals surface area contributed by atoms with Crippen molar-refractivity contribution in [3.05, 3.63) is 35.0 Å². The summed E-state index contributed by atoms with van der Waals surface area (Å²) in [4.78, 5) is 0. The zero-order chi connectivity index (χ0) is 14.0. The molecule has 5 nitrogen and oxygen atoms in total. The number of benzene rings is 1. The van der Waals surface area contributed by atoms with Crippen LogP contribution in [0.25, 0.3) is 0 Å². The van der Waals surface area contributed by atoms with Crippen LogP contribution in [-0.2, 0) is 0 Å². The minimum Gasteiger partial charge on any atom is -0.497 e. The minimum atomic E-state index is -0.0895. The Kier molecular flexibility index (Phi) is 3.85. The Labute approximate surface area is 116 Å². The Hall–Kier alpha value is -1.88. The van der Waals surface area contributed by atoms with E-state index >= 15 is 0 Å². The fourth-order valence-electron chi connectivity index (χ4n) is 1.95. The van der Waals surface area contributed by atoms with Crippen LogP contribution in [0.5, 0.6) is 11.5 Å². The lowest BCUT2D eigenvalue weighted by atomic mass is 10.1. The molecule has 0 aliphatic carbocycles. The molecule has 0 bridgehead atoms. The molecule has 2 aromatic rings. The largest absolute Gasteiger partial charge is 0.497 e. The molecule has 2 N–H and O–H groups in total. The summed E-state index contributed by atoms with van der Waals surface area (Å²) < 4.78 is 12.2. The van der Waals surface area contributed by atoms with Crippen LogP contribution in [0.4, 0.5) is 5.82 Å². The molecule has 1 aromatic carbocycles. The lowest BCUT2D eigenvalue weighted by Gasteiger charge is -2.18. The highest BCUT2D eigenvalue weighted by Gasteiger charge is 2.18. The average molecular weight is 282 g/mol. The van der Waals surface area contributed by atoms with E-state index in [0.29, 0.717) is 10.8 Å². The second kappa shape index (κ2) is 5.40. The maximum Gasteiger partial charge on any atom is 0.141 e. The summed E-state index contributed by atoms with van der Waals surface area (Å²) in [5, 5.41) is 4.63.